The number of methoxy groups -OCH3 is 1. The van der Waals surface area contributed by atoms with Gasteiger partial charge >= 0.3 is 0 Å². The van der Waals surface area contributed by atoms with Crippen molar-refractivity contribution in [2.75, 3.05) is 26.0 Å². The van der Waals surface area contributed by atoms with E-state index >= 15 is 0 Å². The highest BCUT2D eigenvalue weighted by Crippen LogP contribution is 2.23. The smallest absolute Gasteiger partial charge is 0.292 e. The number of rotatable bonds is 7. The number of quaternary nitrogens is 1. The third-order valence-electron chi connectivity index (χ3n) is 3.57. The van der Waals surface area contributed by atoms with Crippen LogP contribution in [0.3, 0.4) is 0 Å². The molecule has 0 aromatic heterocycles. The van der Waals surface area contributed by atoms with Crippen LogP contribution in [0.1, 0.15) is 5.56 Å². The number of para-hydroxylation sites is 2. The summed E-state index contributed by atoms with van der Waals surface area (Å²) in [6.45, 7) is 0.745. The van der Waals surface area contributed by atoms with Crippen LogP contribution < -0.4 is 15.0 Å². The molecule has 2 N–H and O–H groups in total. The van der Waals surface area contributed by atoms with Crippen LogP contribution in [-0.4, -0.2) is 31.5 Å². The first-order valence-corrected chi connectivity index (χ1v) is 8.37. The second kappa shape index (κ2) is 8.59. The lowest BCUT2D eigenvalue weighted by molar-refractivity contribution is -0.885. The SMILES string of the molecule is COc1ccc(Br)cc1C[NH+](C)CC(=O)Nc1ccccc1[N+](=O)[O-]. The molecule has 0 aliphatic heterocycles. The number of nitrogens with zero attached hydrogens (tertiary/aromatic N) is 1. The van der Waals surface area contributed by atoms with Crippen molar-refractivity contribution in [2.45, 2.75) is 6.54 Å². The Bertz CT molecular complexity index is 782. The number of hydrogen-bond donors (Lipinski definition) is 2. The molecule has 25 heavy (non-hydrogen) atoms. The van der Waals surface area contributed by atoms with Gasteiger partial charge in [-0.2, -0.15) is 0 Å². The van der Waals surface area contributed by atoms with Crippen LogP contribution in [0.25, 0.3) is 0 Å². The van der Waals surface area contributed by atoms with E-state index in [1.807, 2.05) is 25.2 Å². The molecule has 0 saturated heterocycles. The average molecular weight is 409 g/mol. The monoisotopic (exact) mass is 408 g/mol. The normalized spacial score (nSPS) is 11.6. The summed E-state index contributed by atoms with van der Waals surface area (Å²) < 4.78 is 6.27. The molecule has 0 bridgehead atoms. The first-order valence-electron chi connectivity index (χ1n) is 7.57. The van der Waals surface area contributed by atoms with Crippen molar-refractivity contribution in [3.8, 4) is 5.75 Å². The van der Waals surface area contributed by atoms with Gasteiger partial charge in [0.25, 0.3) is 11.6 Å². The minimum Gasteiger partial charge on any atom is -0.496 e. The lowest BCUT2D eigenvalue weighted by Gasteiger charge is -2.16. The first-order chi connectivity index (χ1) is 11.9. The van der Waals surface area contributed by atoms with Crippen LogP contribution in [0.5, 0.6) is 5.75 Å². The van der Waals surface area contributed by atoms with E-state index in [0.717, 1.165) is 20.7 Å². The van der Waals surface area contributed by atoms with Gasteiger partial charge in [0.2, 0.25) is 0 Å². The van der Waals surface area contributed by atoms with Gasteiger partial charge in [0.05, 0.1) is 19.1 Å². The molecule has 0 aliphatic rings. The van der Waals surface area contributed by atoms with Crippen LogP contribution in [-0.2, 0) is 11.3 Å². The number of ether oxygens (including phenoxy) is 1. The molecule has 2 rings (SSSR count). The van der Waals surface area contributed by atoms with Gasteiger partial charge in [-0.15, -0.1) is 0 Å². The lowest BCUT2D eigenvalue weighted by Crippen LogP contribution is -3.08. The first kappa shape index (κ1) is 18.9. The van der Waals surface area contributed by atoms with E-state index in [2.05, 4.69) is 21.2 Å². The summed E-state index contributed by atoms with van der Waals surface area (Å²) in [4.78, 5) is 23.6. The predicted octanol–water partition coefficient (Wildman–Crippen LogP) is 2.02. The molecule has 2 aromatic rings. The molecule has 0 heterocycles. The molecule has 1 atom stereocenters. The molecule has 8 heteroatoms. The van der Waals surface area contributed by atoms with E-state index in [-0.39, 0.29) is 23.8 Å². The number of benzene rings is 2. The van der Waals surface area contributed by atoms with Crippen molar-refractivity contribution in [3.05, 3.63) is 62.6 Å². The highest BCUT2D eigenvalue weighted by Gasteiger charge is 2.18. The molecule has 0 radical (unpaired) electrons. The number of carbonyl (C=O) groups is 1. The standard InChI is InChI=1S/C17H18BrN3O4/c1-20(10-12-9-13(18)7-8-16(12)25-2)11-17(22)19-14-5-3-4-6-15(14)21(23)24/h3-9H,10-11H2,1-2H3,(H,19,22)/p+1. The predicted molar refractivity (Wildman–Crippen MR) is 97.9 cm³/mol. The Morgan fingerprint density at radius 1 is 1.32 bits per heavy atom. The number of halogens is 1. The molecule has 0 aliphatic carbocycles. The zero-order valence-corrected chi connectivity index (χ0v) is 15.5. The summed E-state index contributed by atoms with van der Waals surface area (Å²) in [7, 11) is 3.47. The molecule has 0 spiro atoms. The molecular formula is C17H19BrN3O4+. The minimum absolute atomic E-state index is 0.123. The Morgan fingerprint density at radius 3 is 2.72 bits per heavy atom. The van der Waals surface area contributed by atoms with Crippen molar-refractivity contribution in [1.29, 1.82) is 0 Å². The van der Waals surface area contributed by atoms with Crippen molar-refractivity contribution in [1.82, 2.24) is 0 Å². The topological polar surface area (TPSA) is 85.9 Å². The number of nitro groups is 1. The van der Waals surface area contributed by atoms with E-state index in [1.54, 1.807) is 19.2 Å². The fourth-order valence-corrected chi connectivity index (χ4v) is 2.89. The summed E-state index contributed by atoms with van der Waals surface area (Å²) in [6, 6.07) is 11.8. The molecular weight excluding hydrogens is 390 g/mol. The van der Waals surface area contributed by atoms with E-state index in [0.29, 0.717) is 6.54 Å². The van der Waals surface area contributed by atoms with Crippen LogP contribution >= 0.6 is 15.9 Å². The maximum absolute atomic E-state index is 12.2. The summed E-state index contributed by atoms with van der Waals surface area (Å²) in [6.07, 6.45) is 0. The number of carbonyl (C=O) groups excluding carboxylic acids is 1. The number of nitro benzene ring substituents is 1. The van der Waals surface area contributed by atoms with Crippen LogP contribution in [0, 0.1) is 10.1 Å². The Morgan fingerprint density at radius 2 is 2.04 bits per heavy atom. The lowest BCUT2D eigenvalue weighted by atomic mass is 10.2. The number of anilines is 1. The number of nitrogens with one attached hydrogen (secondary N) is 2. The number of hydrogen-bond acceptors (Lipinski definition) is 4. The highest BCUT2D eigenvalue weighted by atomic mass is 79.9. The van der Waals surface area contributed by atoms with Gasteiger partial charge in [-0.1, -0.05) is 28.1 Å². The van der Waals surface area contributed by atoms with Gasteiger partial charge in [-0.05, 0) is 24.3 Å². The molecule has 1 amide bonds. The summed E-state index contributed by atoms with van der Waals surface area (Å²) in [5, 5.41) is 13.6. The molecule has 0 fully saturated rings. The van der Waals surface area contributed by atoms with Crippen molar-refractivity contribution in [2.24, 2.45) is 0 Å². The molecule has 1 unspecified atom stereocenters. The Balaban J connectivity index is 2.02. The summed E-state index contributed by atoms with van der Waals surface area (Å²) in [5.74, 6) is 0.461. The van der Waals surface area contributed by atoms with Gasteiger partial charge in [0.15, 0.2) is 6.54 Å². The minimum atomic E-state index is -0.515. The van der Waals surface area contributed by atoms with Gasteiger partial charge in [-0.25, -0.2) is 0 Å². The Hall–Kier alpha value is -2.45. The number of amides is 1. The Kier molecular flexibility index (Phi) is 6.49. The zero-order chi connectivity index (χ0) is 18.4. The van der Waals surface area contributed by atoms with Gasteiger partial charge in [0, 0.05) is 16.1 Å². The van der Waals surface area contributed by atoms with E-state index in [4.69, 9.17) is 4.74 Å². The third kappa shape index (κ3) is 5.27. The fraction of sp³-hybridized carbons (Fsp3) is 0.235. The molecule has 132 valence electrons. The fourth-order valence-electron chi connectivity index (χ4n) is 2.48. The van der Waals surface area contributed by atoms with E-state index in [1.165, 1.54) is 12.1 Å². The third-order valence-corrected chi connectivity index (χ3v) is 4.07. The quantitative estimate of drug-likeness (QED) is 0.541. The summed E-state index contributed by atoms with van der Waals surface area (Å²) in [5.41, 5.74) is 1.04. The zero-order valence-electron chi connectivity index (χ0n) is 13.9. The second-order valence-corrected chi connectivity index (χ2v) is 6.50. The molecule has 0 saturated carbocycles. The molecule has 7 nitrogen and oxygen atoms in total. The largest absolute Gasteiger partial charge is 0.496 e. The van der Waals surface area contributed by atoms with Gasteiger partial charge in [-0.3, -0.25) is 14.9 Å². The number of likely N-dealkylation sites (N-methyl/N-ethyl adjacent to an activating group) is 1. The maximum atomic E-state index is 12.2. The van der Waals surface area contributed by atoms with Gasteiger partial charge < -0.3 is 15.0 Å². The van der Waals surface area contributed by atoms with Crippen molar-refractivity contribution >= 4 is 33.2 Å². The van der Waals surface area contributed by atoms with Crippen LogP contribution in [0.15, 0.2) is 46.9 Å². The Labute approximate surface area is 153 Å². The second-order valence-electron chi connectivity index (χ2n) is 5.59. The van der Waals surface area contributed by atoms with E-state index in [9.17, 15) is 14.9 Å². The summed E-state index contributed by atoms with van der Waals surface area (Å²) >= 11 is 3.42. The maximum Gasteiger partial charge on any atom is 0.292 e. The van der Waals surface area contributed by atoms with Crippen molar-refractivity contribution < 1.29 is 19.4 Å². The highest BCUT2D eigenvalue weighted by molar-refractivity contribution is 9.10. The van der Waals surface area contributed by atoms with E-state index < -0.39 is 4.92 Å². The molecule has 2 aromatic carbocycles. The average Bonchev–Trinajstić information content (AvgIpc) is 2.55. The van der Waals surface area contributed by atoms with Gasteiger partial charge in [0.1, 0.15) is 18.0 Å². The van der Waals surface area contributed by atoms with Crippen LogP contribution in [0.2, 0.25) is 0 Å². The van der Waals surface area contributed by atoms with Crippen LogP contribution in [0.4, 0.5) is 11.4 Å². The van der Waals surface area contributed by atoms with Crippen molar-refractivity contribution in [3.63, 3.8) is 0 Å².